The van der Waals surface area contributed by atoms with E-state index in [0.717, 1.165) is 43.5 Å². The van der Waals surface area contributed by atoms with Crippen LogP contribution in [-0.4, -0.2) is 41.7 Å². The van der Waals surface area contributed by atoms with Crippen LogP contribution in [-0.2, 0) is 19.5 Å². The summed E-state index contributed by atoms with van der Waals surface area (Å²) in [5.41, 5.74) is 3.91. The van der Waals surface area contributed by atoms with Crippen molar-refractivity contribution in [2.45, 2.75) is 58.7 Å². The summed E-state index contributed by atoms with van der Waals surface area (Å²) >= 11 is 0. The first-order valence-electron chi connectivity index (χ1n) is 10.1. The summed E-state index contributed by atoms with van der Waals surface area (Å²) in [6.07, 6.45) is 1.11. The number of guanidine groups is 1. The molecule has 0 spiro atoms. The van der Waals surface area contributed by atoms with E-state index in [1.807, 2.05) is 6.07 Å². The van der Waals surface area contributed by atoms with E-state index in [2.05, 4.69) is 77.6 Å². The second-order valence-corrected chi connectivity index (χ2v) is 8.40. The molecule has 2 N–H and O–H groups in total. The molecule has 6 heteroatoms. The molecule has 6 nitrogen and oxygen atoms in total. The van der Waals surface area contributed by atoms with Crippen molar-refractivity contribution >= 4 is 5.96 Å². The lowest BCUT2D eigenvalue weighted by atomic mass is 9.94. The van der Waals surface area contributed by atoms with E-state index in [4.69, 9.17) is 4.52 Å². The predicted octanol–water partition coefficient (Wildman–Crippen LogP) is 3.30. The second-order valence-electron chi connectivity index (χ2n) is 8.40. The summed E-state index contributed by atoms with van der Waals surface area (Å²) in [5, 5.41) is 10.9. The molecule has 152 valence electrons. The number of nitrogens with zero attached hydrogens (tertiary/aromatic N) is 3. The molecule has 1 aliphatic heterocycles. The number of fused-ring (bicyclic) bond motifs is 1. The summed E-state index contributed by atoms with van der Waals surface area (Å²) in [4.78, 5) is 6.89. The van der Waals surface area contributed by atoms with Gasteiger partial charge in [0.2, 0.25) is 0 Å². The van der Waals surface area contributed by atoms with Crippen molar-refractivity contribution in [1.29, 1.82) is 0 Å². The molecular formula is C22H33N5O. The van der Waals surface area contributed by atoms with Crippen molar-refractivity contribution in [2.24, 2.45) is 4.99 Å². The average molecular weight is 384 g/mol. The fourth-order valence-electron chi connectivity index (χ4n) is 3.50. The van der Waals surface area contributed by atoms with E-state index in [-0.39, 0.29) is 5.54 Å². The van der Waals surface area contributed by atoms with Gasteiger partial charge in [-0.15, -0.1) is 0 Å². The van der Waals surface area contributed by atoms with Crippen LogP contribution < -0.4 is 10.6 Å². The maximum atomic E-state index is 5.39. The van der Waals surface area contributed by atoms with Gasteiger partial charge in [-0.3, -0.25) is 9.89 Å². The first-order chi connectivity index (χ1) is 13.4. The molecule has 1 aromatic carbocycles. The van der Waals surface area contributed by atoms with Gasteiger partial charge in [-0.1, -0.05) is 43.3 Å². The Kier molecular flexibility index (Phi) is 6.39. The van der Waals surface area contributed by atoms with Crippen molar-refractivity contribution in [3.05, 3.63) is 52.9 Å². The van der Waals surface area contributed by atoms with Crippen LogP contribution in [0.4, 0.5) is 0 Å². The Hall–Kier alpha value is -2.34. The van der Waals surface area contributed by atoms with Gasteiger partial charge in [0.05, 0.1) is 12.2 Å². The standard InChI is InChI=1S/C22H33N5O/c1-16(2)20-12-19(28-26-20)13-24-21(23-5)25-15-22(3,4)27-11-10-17-8-6-7-9-18(17)14-27/h6-9,12,16H,10-11,13-15H2,1-5H3,(H2,23,24,25). The lowest BCUT2D eigenvalue weighted by molar-refractivity contribution is 0.107. The molecular weight excluding hydrogens is 350 g/mol. The highest BCUT2D eigenvalue weighted by molar-refractivity contribution is 5.79. The van der Waals surface area contributed by atoms with E-state index < -0.39 is 0 Å². The zero-order valence-electron chi connectivity index (χ0n) is 17.7. The molecule has 0 bridgehead atoms. The van der Waals surface area contributed by atoms with Crippen LogP contribution in [0.5, 0.6) is 0 Å². The van der Waals surface area contributed by atoms with E-state index >= 15 is 0 Å². The highest BCUT2D eigenvalue weighted by Crippen LogP contribution is 2.24. The topological polar surface area (TPSA) is 65.7 Å². The molecule has 0 unspecified atom stereocenters. The number of hydrogen-bond donors (Lipinski definition) is 2. The third-order valence-corrected chi connectivity index (χ3v) is 5.50. The molecule has 3 rings (SSSR count). The third kappa shape index (κ3) is 4.93. The molecule has 1 aliphatic rings. The highest BCUT2D eigenvalue weighted by Gasteiger charge is 2.29. The van der Waals surface area contributed by atoms with Crippen molar-refractivity contribution < 1.29 is 4.52 Å². The van der Waals surface area contributed by atoms with Crippen molar-refractivity contribution in [2.75, 3.05) is 20.1 Å². The Labute approximate surface area is 168 Å². The molecule has 0 amide bonds. The third-order valence-electron chi connectivity index (χ3n) is 5.50. The van der Waals surface area contributed by atoms with Crippen LogP contribution >= 0.6 is 0 Å². The van der Waals surface area contributed by atoms with Gasteiger partial charge in [-0.25, -0.2) is 0 Å². The van der Waals surface area contributed by atoms with Crippen molar-refractivity contribution in [3.63, 3.8) is 0 Å². The Morgan fingerprint density at radius 1 is 1.25 bits per heavy atom. The quantitative estimate of drug-likeness (QED) is 0.592. The Bertz CT molecular complexity index is 809. The highest BCUT2D eigenvalue weighted by atomic mass is 16.5. The Morgan fingerprint density at radius 3 is 2.68 bits per heavy atom. The normalized spacial score (nSPS) is 15.6. The monoisotopic (exact) mass is 383 g/mol. The van der Waals surface area contributed by atoms with Gasteiger partial charge >= 0.3 is 0 Å². The summed E-state index contributed by atoms with van der Waals surface area (Å²) < 4.78 is 5.39. The lowest BCUT2D eigenvalue weighted by Crippen LogP contribution is -2.54. The van der Waals surface area contributed by atoms with Gasteiger partial charge < -0.3 is 15.2 Å². The minimum atomic E-state index is 0.0161. The van der Waals surface area contributed by atoms with Crippen LogP contribution in [0.2, 0.25) is 0 Å². The molecule has 0 radical (unpaired) electrons. The average Bonchev–Trinajstić information content (AvgIpc) is 3.17. The van der Waals surface area contributed by atoms with Crippen molar-refractivity contribution in [3.8, 4) is 0 Å². The smallest absolute Gasteiger partial charge is 0.191 e. The van der Waals surface area contributed by atoms with Crippen LogP contribution in [0.15, 0.2) is 39.8 Å². The molecule has 2 aromatic rings. The van der Waals surface area contributed by atoms with Gasteiger partial charge in [0, 0.05) is 38.3 Å². The largest absolute Gasteiger partial charge is 0.359 e. The van der Waals surface area contributed by atoms with Crippen LogP contribution in [0, 0.1) is 0 Å². The fourth-order valence-corrected chi connectivity index (χ4v) is 3.50. The van der Waals surface area contributed by atoms with Gasteiger partial charge in [-0.2, -0.15) is 0 Å². The van der Waals surface area contributed by atoms with Crippen LogP contribution in [0.3, 0.4) is 0 Å². The molecule has 0 fully saturated rings. The summed E-state index contributed by atoms with van der Waals surface area (Å²) in [7, 11) is 1.79. The minimum absolute atomic E-state index is 0.0161. The molecule has 0 aliphatic carbocycles. The zero-order valence-corrected chi connectivity index (χ0v) is 17.7. The number of aromatic nitrogens is 1. The van der Waals surface area contributed by atoms with E-state index in [1.165, 1.54) is 11.1 Å². The van der Waals surface area contributed by atoms with Crippen LogP contribution in [0.1, 0.15) is 56.2 Å². The van der Waals surface area contributed by atoms with Gasteiger partial charge in [-0.05, 0) is 37.3 Å². The van der Waals surface area contributed by atoms with Crippen molar-refractivity contribution in [1.82, 2.24) is 20.7 Å². The Balaban J connectivity index is 1.52. The van der Waals surface area contributed by atoms with E-state index in [9.17, 15) is 0 Å². The Morgan fingerprint density at radius 2 is 2.00 bits per heavy atom. The molecule has 0 saturated carbocycles. The molecule has 1 aromatic heterocycles. The predicted molar refractivity (Wildman–Crippen MR) is 113 cm³/mol. The zero-order chi connectivity index (χ0) is 20.1. The number of hydrogen-bond acceptors (Lipinski definition) is 4. The SMILES string of the molecule is CN=C(NCc1cc(C(C)C)no1)NCC(C)(C)N1CCc2ccccc2C1. The van der Waals surface area contributed by atoms with E-state index in [1.54, 1.807) is 7.05 Å². The first kappa shape index (κ1) is 20.4. The number of benzene rings is 1. The number of aliphatic imine (C=N–C) groups is 1. The maximum absolute atomic E-state index is 5.39. The lowest BCUT2D eigenvalue weighted by Gasteiger charge is -2.42. The van der Waals surface area contributed by atoms with Gasteiger partial charge in [0.1, 0.15) is 0 Å². The number of rotatable bonds is 6. The van der Waals surface area contributed by atoms with Crippen LogP contribution in [0.25, 0.3) is 0 Å². The first-order valence-corrected chi connectivity index (χ1v) is 10.1. The minimum Gasteiger partial charge on any atom is -0.359 e. The van der Waals surface area contributed by atoms with Gasteiger partial charge in [0.15, 0.2) is 11.7 Å². The van der Waals surface area contributed by atoms with E-state index in [0.29, 0.717) is 12.5 Å². The molecule has 0 atom stereocenters. The molecule has 0 saturated heterocycles. The molecule has 28 heavy (non-hydrogen) atoms. The number of nitrogens with one attached hydrogen (secondary N) is 2. The summed E-state index contributed by atoms with van der Waals surface area (Å²) in [5.74, 6) is 1.96. The second kappa shape index (κ2) is 8.78. The summed E-state index contributed by atoms with van der Waals surface area (Å²) in [6.45, 7) is 12.2. The maximum Gasteiger partial charge on any atom is 0.191 e. The fraction of sp³-hybridized carbons (Fsp3) is 0.545. The summed E-state index contributed by atoms with van der Waals surface area (Å²) in [6, 6.07) is 10.8. The molecule has 2 heterocycles. The van der Waals surface area contributed by atoms with Gasteiger partial charge in [0.25, 0.3) is 0 Å².